The van der Waals surface area contributed by atoms with E-state index in [1.807, 2.05) is 25.3 Å². The SMILES string of the molecule is CCCNC(=O)N1CCN(S(=O)(=O)c2ccc(SC)cc2)CC1. The number of nitrogens with one attached hydrogen (secondary N) is 1. The average Bonchev–Trinajstić information content (AvgIpc) is 2.59. The molecule has 0 radical (unpaired) electrons. The number of nitrogens with zero attached hydrogens (tertiary/aromatic N) is 2. The number of rotatable bonds is 5. The number of carbonyl (C=O) groups is 1. The molecule has 0 atom stereocenters. The third kappa shape index (κ3) is 4.39. The number of amides is 2. The highest BCUT2D eigenvalue weighted by Gasteiger charge is 2.29. The van der Waals surface area contributed by atoms with Gasteiger partial charge in [-0.2, -0.15) is 4.31 Å². The molecule has 1 heterocycles. The van der Waals surface area contributed by atoms with Crippen LogP contribution in [0.25, 0.3) is 0 Å². The predicted octanol–water partition coefficient (Wildman–Crippen LogP) is 1.83. The monoisotopic (exact) mass is 357 g/mol. The third-order valence-corrected chi connectivity index (χ3v) is 6.41. The zero-order chi connectivity index (χ0) is 16.9. The molecule has 1 saturated heterocycles. The lowest BCUT2D eigenvalue weighted by Gasteiger charge is -2.34. The molecule has 6 nitrogen and oxygen atoms in total. The van der Waals surface area contributed by atoms with Crippen LogP contribution in [0.1, 0.15) is 13.3 Å². The molecule has 0 saturated carbocycles. The minimum atomic E-state index is -3.49. The molecule has 1 fully saturated rings. The third-order valence-electron chi connectivity index (χ3n) is 3.75. The second-order valence-electron chi connectivity index (χ2n) is 5.30. The van der Waals surface area contributed by atoms with Crippen LogP contribution in [0.3, 0.4) is 0 Å². The van der Waals surface area contributed by atoms with Crippen LogP contribution in [0.4, 0.5) is 4.79 Å². The molecule has 8 heteroatoms. The van der Waals surface area contributed by atoms with Crippen LogP contribution in [0.2, 0.25) is 0 Å². The van der Waals surface area contributed by atoms with Crippen molar-refractivity contribution in [1.29, 1.82) is 0 Å². The van der Waals surface area contributed by atoms with Crippen LogP contribution in [0.5, 0.6) is 0 Å². The van der Waals surface area contributed by atoms with Crippen molar-refractivity contribution in [3.63, 3.8) is 0 Å². The summed E-state index contributed by atoms with van der Waals surface area (Å²) in [6.45, 7) is 4.11. The molecule has 23 heavy (non-hydrogen) atoms. The number of benzene rings is 1. The molecule has 2 amide bonds. The largest absolute Gasteiger partial charge is 0.338 e. The summed E-state index contributed by atoms with van der Waals surface area (Å²) in [5.74, 6) is 0. The van der Waals surface area contributed by atoms with E-state index in [0.717, 1.165) is 11.3 Å². The van der Waals surface area contributed by atoms with Gasteiger partial charge in [0.2, 0.25) is 10.0 Å². The van der Waals surface area contributed by atoms with Crippen LogP contribution < -0.4 is 5.32 Å². The normalized spacial score (nSPS) is 16.3. The molecule has 1 aliphatic heterocycles. The van der Waals surface area contributed by atoms with Gasteiger partial charge in [-0.25, -0.2) is 13.2 Å². The zero-order valence-electron chi connectivity index (χ0n) is 13.5. The molecule has 0 aliphatic carbocycles. The molecule has 0 aromatic heterocycles. The molecule has 0 bridgehead atoms. The van der Waals surface area contributed by atoms with Crippen LogP contribution in [-0.2, 0) is 10.0 Å². The highest BCUT2D eigenvalue weighted by atomic mass is 32.2. The van der Waals surface area contributed by atoms with E-state index in [1.165, 1.54) is 4.31 Å². The first-order valence-corrected chi connectivity index (χ1v) is 10.3. The molecule has 2 rings (SSSR count). The van der Waals surface area contributed by atoms with Gasteiger partial charge in [-0.1, -0.05) is 6.92 Å². The van der Waals surface area contributed by atoms with Crippen molar-refractivity contribution in [2.75, 3.05) is 39.0 Å². The van der Waals surface area contributed by atoms with Gasteiger partial charge in [0.25, 0.3) is 0 Å². The van der Waals surface area contributed by atoms with E-state index in [4.69, 9.17) is 0 Å². The predicted molar refractivity (Wildman–Crippen MR) is 92.2 cm³/mol. The van der Waals surface area contributed by atoms with Gasteiger partial charge in [-0.05, 0) is 36.9 Å². The van der Waals surface area contributed by atoms with E-state index in [0.29, 0.717) is 37.6 Å². The summed E-state index contributed by atoms with van der Waals surface area (Å²) in [4.78, 5) is 14.9. The second-order valence-corrected chi connectivity index (χ2v) is 8.12. The number of piperazine rings is 1. The molecule has 1 aromatic rings. The summed E-state index contributed by atoms with van der Waals surface area (Å²) >= 11 is 1.57. The highest BCUT2D eigenvalue weighted by molar-refractivity contribution is 7.98. The number of sulfonamides is 1. The molecule has 0 unspecified atom stereocenters. The molecular weight excluding hydrogens is 334 g/mol. The van der Waals surface area contributed by atoms with Gasteiger partial charge in [-0.3, -0.25) is 0 Å². The maximum Gasteiger partial charge on any atom is 0.317 e. The smallest absolute Gasteiger partial charge is 0.317 e. The first-order chi connectivity index (χ1) is 11.0. The number of urea groups is 1. The van der Waals surface area contributed by atoms with E-state index in [1.54, 1.807) is 28.8 Å². The van der Waals surface area contributed by atoms with Gasteiger partial charge in [0.15, 0.2) is 0 Å². The number of thioether (sulfide) groups is 1. The van der Waals surface area contributed by atoms with Gasteiger partial charge in [0, 0.05) is 37.6 Å². The minimum Gasteiger partial charge on any atom is -0.338 e. The van der Waals surface area contributed by atoms with Crippen LogP contribution in [0, 0.1) is 0 Å². The second kappa shape index (κ2) is 8.03. The number of hydrogen-bond acceptors (Lipinski definition) is 4. The Kier molecular flexibility index (Phi) is 6.32. The van der Waals surface area contributed by atoms with Crippen molar-refractivity contribution in [1.82, 2.24) is 14.5 Å². The molecule has 1 aromatic carbocycles. The highest BCUT2D eigenvalue weighted by Crippen LogP contribution is 2.21. The van der Waals surface area contributed by atoms with Crippen molar-refractivity contribution >= 4 is 27.8 Å². The Bertz CT molecular complexity index is 624. The number of carbonyl (C=O) groups excluding carboxylic acids is 1. The van der Waals surface area contributed by atoms with Crippen molar-refractivity contribution in [3.05, 3.63) is 24.3 Å². The standard InChI is InChI=1S/C15H23N3O3S2/c1-3-8-16-15(19)17-9-11-18(12-10-17)23(20,21)14-6-4-13(22-2)5-7-14/h4-7H,3,8-12H2,1-2H3,(H,16,19). The van der Waals surface area contributed by atoms with Crippen LogP contribution in [-0.4, -0.2) is 62.6 Å². The van der Waals surface area contributed by atoms with E-state index < -0.39 is 10.0 Å². The first-order valence-electron chi connectivity index (χ1n) is 7.66. The molecule has 0 spiro atoms. The maximum absolute atomic E-state index is 12.6. The Morgan fingerprint density at radius 2 is 1.78 bits per heavy atom. The van der Waals surface area contributed by atoms with Crippen molar-refractivity contribution in [2.45, 2.75) is 23.1 Å². The lowest BCUT2D eigenvalue weighted by Crippen LogP contribution is -2.53. The van der Waals surface area contributed by atoms with Gasteiger partial charge >= 0.3 is 6.03 Å². The Hall–Kier alpha value is -1.25. The van der Waals surface area contributed by atoms with Crippen molar-refractivity contribution in [3.8, 4) is 0 Å². The molecular formula is C15H23N3O3S2. The Morgan fingerprint density at radius 1 is 1.17 bits per heavy atom. The minimum absolute atomic E-state index is 0.117. The first kappa shape index (κ1) is 18.1. The van der Waals surface area contributed by atoms with E-state index >= 15 is 0 Å². The fourth-order valence-corrected chi connectivity index (χ4v) is 4.20. The van der Waals surface area contributed by atoms with E-state index in [-0.39, 0.29) is 6.03 Å². The summed E-state index contributed by atoms with van der Waals surface area (Å²) in [5, 5.41) is 2.82. The zero-order valence-corrected chi connectivity index (χ0v) is 15.1. The van der Waals surface area contributed by atoms with Crippen molar-refractivity contribution < 1.29 is 13.2 Å². The Labute approximate surface area is 142 Å². The van der Waals surface area contributed by atoms with E-state index in [9.17, 15) is 13.2 Å². The topological polar surface area (TPSA) is 69.7 Å². The summed E-state index contributed by atoms with van der Waals surface area (Å²) in [7, 11) is -3.49. The summed E-state index contributed by atoms with van der Waals surface area (Å²) < 4.78 is 26.7. The summed E-state index contributed by atoms with van der Waals surface area (Å²) in [6.07, 6.45) is 2.83. The number of hydrogen-bond donors (Lipinski definition) is 1. The fourth-order valence-electron chi connectivity index (χ4n) is 2.37. The van der Waals surface area contributed by atoms with Crippen LogP contribution in [0.15, 0.2) is 34.1 Å². The van der Waals surface area contributed by atoms with Gasteiger partial charge in [0.05, 0.1) is 4.90 Å². The Morgan fingerprint density at radius 3 is 2.30 bits per heavy atom. The van der Waals surface area contributed by atoms with Gasteiger partial charge < -0.3 is 10.2 Å². The Balaban J connectivity index is 1.99. The van der Waals surface area contributed by atoms with Gasteiger partial charge in [-0.15, -0.1) is 11.8 Å². The van der Waals surface area contributed by atoms with Crippen molar-refractivity contribution in [2.24, 2.45) is 0 Å². The lowest BCUT2D eigenvalue weighted by molar-refractivity contribution is 0.172. The summed E-state index contributed by atoms with van der Waals surface area (Å²) in [6, 6.07) is 6.79. The van der Waals surface area contributed by atoms with Crippen LogP contribution >= 0.6 is 11.8 Å². The average molecular weight is 358 g/mol. The fraction of sp³-hybridized carbons (Fsp3) is 0.533. The quantitative estimate of drug-likeness (QED) is 0.817. The maximum atomic E-state index is 12.6. The molecule has 128 valence electrons. The lowest BCUT2D eigenvalue weighted by atomic mass is 10.4. The summed E-state index contributed by atoms with van der Waals surface area (Å²) in [5.41, 5.74) is 0. The molecule has 1 N–H and O–H groups in total. The van der Waals surface area contributed by atoms with Gasteiger partial charge in [0.1, 0.15) is 0 Å². The molecule has 1 aliphatic rings. The van der Waals surface area contributed by atoms with E-state index in [2.05, 4.69) is 5.32 Å².